The van der Waals surface area contributed by atoms with Crippen LogP contribution in [-0.4, -0.2) is 39.9 Å². The molecule has 0 saturated carbocycles. The Balaban J connectivity index is 1.23. The average molecular weight is 479 g/mol. The van der Waals surface area contributed by atoms with E-state index in [0.717, 1.165) is 74.0 Å². The lowest BCUT2D eigenvalue weighted by atomic mass is 10.1. The molecule has 1 atom stereocenters. The Morgan fingerprint density at radius 3 is 2.79 bits per heavy atom. The molecule has 6 nitrogen and oxygen atoms in total. The first-order valence-corrected chi connectivity index (χ1v) is 13.3. The molecule has 1 saturated heterocycles. The summed E-state index contributed by atoms with van der Waals surface area (Å²) in [4.78, 5) is 4.98. The van der Waals surface area contributed by atoms with Gasteiger partial charge in [0, 0.05) is 13.2 Å². The van der Waals surface area contributed by atoms with E-state index in [4.69, 9.17) is 14.5 Å². The zero-order valence-corrected chi connectivity index (χ0v) is 20.9. The molecule has 3 aromatic heterocycles. The van der Waals surface area contributed by atoms with Crippen molar-refractivity contribution in [1.29, 1.82) is 0 Å². The SMILES string of the molecule is CCCc1cn(CCOc2ccc(OC3CCCNCC3)cc2)c(-c2cc3sccc3n2C)n1. The van der Waals surface area contributed by atoms with Crippen LogP contribution in [0.1, 0.15) is 38.3 Å². The van der Waals surface area contributed by atoms with Crippen molar-refractivity contribution >= 4 is 21.6 Å². The summed E-state index contributed by atoms with van der Waals surface area (Å²) in [5, 5.41) is 5.57. The number of nitrogens with one attached hydrogen (secondary N) is 1. The second kappa shape index (κ2) is 10.7. The molecule has 1 aliphatic rings. The first-order chi connectivity index (χ1) is 16.7. The van der Waals surface area contributed by atoms with Crippen molar-refractivity contribution in [3.05, 3.63) is 53.7 Å². The number of ether oxygens (including phenoxy) is 2. The molecule has 1 aromatic carbocycles. The van der Waals surface area contributed by atoms with Gasteiger partial charge in [-0.1, -0.05) is 13.3 Å². The van der Waals surface area contributed by atoms with E-state index >= 15 is 0 Å². The van der Waals surface area contributed by atoms with E-state index in [2.05, 4.69) is 52.1 Å². The monoisotopic (exact) mass is 478 g/mol. The van der Waals surface area contributed by atoms with Gasteiger partial charge in [-0.25, -0.2) is 4.98 Å². The topological polar surface area (TPSA) is 53.2 Å². The maximum atomic E-state index is 6.17. The van der Waals surface area contributed by atoms with Gasteiger partial charge in [-0.3, -0.25) is 0 Å². The van der Waals surface area contributed by atoms with Gasteiger partial charge in [-0.2, -0.15) is 0 Å². The molecular formula is C27H34N4O2S. The smallest absolute Gasteiger partial charge is 0.157 e. The van der Waals surface area contributed by atoms with Crippen LogP contribution in [0.2, 0.25) is 0 Å². The summed E-state index contributed by atoms with van der Waals surface area (Å²) >= 11 is 1.77. The number of hydrogen-bond acceptors (Lipinski definition) is 5. The number of thiophene rings is 1. The van der Waals surface area contributed by atoms with Crippen LogP contribution in [-0.2, 0) is 20.0 Å². The normalized spacial score (nSPS) is 16.6. The van der Waals surface area contributed by atoms with Crippen LogP contribution >= 0.6 is 11.3 Å². The molecule has 1 fully saturated rings. The molecule has 1 aliphatic heterocycles. The molecule has 180 valence electrons. The Kier molecular flexibility index (Phi) is 7.21. The molecule has 0 bridgehead atoms. The fraction of sp³-hybridized carbons (Fsp3) is 0.444. The highest BCUT2D eigenvalue weighted by Crippen LogP contribution is 2.30. The van der Waals surface area contributed by atoms with E-state index in [9.17, 15) is 0 Å². The highest BCUT2D eigenvalue weighted by atomic mass is 32.1. The van der Waals surface area contributed by atoms with Crippen LogP contribution in [0, 0.1) is 0 Å². The Morgan fingerprint density at radius 2 is 1.97 bits per heavy atom. The zero-order valence-electron chi connectivity index (χ0n) is 20.1. The molecule has 7 heteroatoms. The Labute approximate surface area is 205 Å². The molecule has 0 spiro atoms. The molecule has 4 aromatic rings. The van der Waals surface area contributed by atoms with Crippen molar-refractivity contribution in [2.45, 2.75) is 51.7 Å². The molecule has 0 amide bonds. The minimum Gasteiger partial charge on any atom is -0.492 e. The number of benzene rings is 1. The van der Waals surface area contributed by atoms with E-state index in [-0.39, 0.29) is 0 Å². The molecule has 0 radical (unpaired) electrons. The lowest BCUT2D eigenvalue weighted by Gasteiger charge is -2.17. The van der Waals surface area contributed by atoms with Crippen molar-refractivity contribution in [3.8, 4) is 23.0 Å². The van der Waals surface area contributed by atoms with E-state index in [1.54, 1.807) is 11.3 Å². The Bertz CT molecular complexity index is 1200. The molecule has 0 aliphatic carbocycles. The molecule has 5 rings (SSSR count). The maximum Gasteiger partial charge on any atom is 0.157 e. The van der Waals surface area contributed by atoms with Gasteiger partial charge < -0.3 is 23.9 Å². The number of aromatic nitrogens is 3. The van der Waals surface area contributed by atoms with Gasteiger partial charge in [-0.05, 0) is 80.6 Å². The summed E-state index contributed by atoms with van der Waals surface area (Å²) in [5.74, 6) is 2.80. The van der Waals surface area contributed by atoms with E-state index in [1.165, 1.54) is 16.6 Å². The van der Waals surface area contributed by atoms with Gasteiger partial charge >= 0.3 is 0 Å². The average Bonchev–Trinajstić information content (AvgIpc) is 3.47. The van der Waals surface area contributed by atoms with Gasteiger partial charge in [0.2, 0.25) is 0 Å². The summed E-state index contributed by atoms with van der Waals surface area (Å²) in [7, 11) is 2.12. The number of rotatable bonds is 9. The largest absolute Gasteiger partial charge is 0.492 e. The van der Waals surface area contributed by atoms with Crippen molar-refractivity contribution in [3.63, 3.8) is 0 Å². The van der Waals surface area contributed by atoms with E-state index < -0.39 is 0 Å². The minimum atomic E-state index is 0.298. The lowest BCUT2D eigenvalue weighted by Crippen LogP contribution is -2.19. The molecule has 34 heavy (non-hydrogen) atoms. The third kappa shape index (κ3) is 5.15. The molecule has 4 heterocycles. The number of imidazole rings is 1. The van der Waals surface area contributed by atoms with Gasteiger partial charge in [0.1, 0.15) is 18.1 Å². The summed E-state index contributed by atoms with van der Waals surface area (Å²) in [6.07, 6.45) is 7.89. The number of hydrogen-bond donors (Lipinski definition) is 1. The molecule has 1 N–H and O–H groups in total. The zero-order chi connectivity index (χ0) is 23.3. The second-order valence-electron chi connectivity index (χ2n) is 9.00. The van der Waals surface area contributed by atoms with Crippen LogP contribution < -0.4 is 14.8 Å². The highest BCUT2D eigenvalue weighted by molar-refractivity contribution is 7.17. The van der Waals surface area contributed by atoms with Gasteiger partial charge in [-0.15, -0.1) is 11.3 Å². The second-order valence-corrected chi connectivity index (χ2v) is 9.95. The number of nitrogens with zero attached hydrogens (tertiary/aromatic N) is 3. The quantitative estimate of drug-likeness (QED) is 0.337. The van der Waals surface area contributed by atoms with Crippen molar-refractivity contribution < 1.29 is 9.47 Å². The van der Waals surface area contributed by atoms with Crippen LogP contribution in [0.3, 0.4) is 0 Å². The van der Waals surface area contributed by atoms with Crippen molar-refractivity contribution in [2.75, 3.05) is 19.7 Å². The third-order valence-electron chi connectivity index (χ3n) is 6.48. The molecule has 1 unspecified atom stereocenters. The number of aryl methyl sites for hydroxylation is 2. The third-order valence-corrected chi connectivity index (χ3v) is 7.33. The van der Waals surface area contributed by atoms with Gasteiger partial charge in [0.25, 0.3) is 0 Å². The summed E-state index contributed by atoms with van der Waals surface area (Å²) in [5.41, 5.74) is 3.54. The fourth-order valence-corrected chi connectivity index (χ4v) is 5.51. The predicted octanol–water partition coefficient (Wildman–Crippen LogP) is 5.66. The first-order valence-electron chi connectivity index (χ1n) is 12.4. The summed E-state index contributed by atoms with van der Waals surface area (Å²) in [6, 6.07) is 12.5. The van der Waals surface area contributed by atoms with Gasteiger partial charge in [0.15, 0.2) is 5.82 Å². The van der Waals surface area contributed by atoms with Crippen LogP contribution in [0.4, 0.5) is 0 Å². The summed E-state index contributed by atoms with van der Waals surface area (Å²) < 4.78 is 18.0. The van der Waals surface area contributed by atoms with Crippen LogP contribution in [0.25, 0.3) is 21.7 Å². The Morgan fingerprint density at radius 1 is 1.12 bits per heavy atom. The Hall–Kier alpha value is -2.77. The maximum absolute atomic E-state index is 6.17. The van der Waals surface area contributed by atoms with E-state index in [1.807, 2.05) is 24.3 Å². The summed E-state index contributed by atoms with van der Waals surface area (Å²) in [6.45, 7) is 5.65. The predicted molar refractivity (Wildman–Crippen MR) is 139 cm³/mol. The van der Waals surface area contributed by atoms with E-state index in [0.29, 0.717) is 12.7 Å². The minimum absolute atomic E-state index is 0.298. The standard InChI is InChI=1S/C27H34N4O2S/c1-3-5-20-19-31(27(29-20)25-18-26-24(30(25)2)12-17-34-26)15-16-32-21-7-9-23(10-8-21)33-22-6-4-13-28-14-11-22/h7-10,12,17-19,22,28H,3-6,11,13-16H2,1-2H3. The van der Waals surface area contributed by atoms with Crippen LogP contribution in [0.5, 0.6) is 11.5 Å². The lowest BCUT2D eigenvalue weighted by molar-refractivity contribution is 0.187. The van der Waals surface area contributed by atoms with Gasteiger partial charge in [0.05, 0.1) is 34.3 Å². The van der Waals surface area contributed by atoms with Crippen molar-refractivity contribution in [2.24, 2.45) is 7.05 Å². The van der Waals surface area contributed by atoms with Crippen molar-refractivity contribution in [1.82, 2.24) is 19.4 Å². The number of fused-ring (bicyclic) bond motifs is 1. The highest BCUT2D eigenvalue weighted by Gasteiger charge is 2.16. The first kappa shape index (κ1) is 23.0. The molecular weight excluding hydrogens is 444 g/mol. The fourth-order valence-electron chi connectivity index (χ4n) is 4.66. The van der Waals surface area contributed by atoms with Crippen LogP contribution in [0.15, 0.2) is 48.0 Å².